The SMILES string of the molecule is NC(=O)c1cc([O])cs1. The van der Waals surface area contributed by atoms with Gasteiger partial charge in [0.2, 0.25) is 0 Å². The molecule has 9 heavy (non-hydrogen) atoms. The largest absolute Gasteiger partial charge is 0.365 e. The summed E-state index contributed by atoms with van der Waals surface area (Å²) < 4.78 is 0. The maximum atomic E-state index is 10.4. The van der Waals surface area contributed by atoms with E-state index in [0.29, 0.717) is 4.88 Å². The number of primary amides is 1. The quantitative estimate of drug-likeness (QED) is 0.624. The van der Waals surface area contributed by atoms with E-state index in [1.807, 2.05) is 0 Å². The van der Waals surface area contributed by atoms with E-state index < -0.39 is 5.91 Å². The first-order valence-electron chi connectivity index (χ1n) is 2.25. The molecule has 1 aromatic heterocycles. The summed E-state index contributed by atoms with van der Waals surface area (Å²) in [6, 6.07) is 1.23. The van der Waals surface area contributed by atoms with Gasteiger partial charge in [-0.1, -0.05) is 0 Å². The van der Waals surface area contributed by atoms with Gasteiger partial charge in [0.1, 0.15) is 0 Å². The molecule has 0 aromatic carbocycles. The van der Waals surface area contributed by atoms with Gasteiger partial charge in [0.05, 0.1) is 4.88 Å². The highest BCUT2D eigenvalue weighted by molar-refractivity contribution is 7.12. The van der Waals surface area contributed by atoms with Crippen molar-refractivity contribution in [2.45, 2.75) is 0 Å². The van der Waals surface area contributed by atoms with E-state index in [4.69, 9.17) is 5.73 Å². The fourth-order valence-electron chi connectivity index (χ4n) is 0.448. The van der Waals surface area contributed by atoms with E-state index >= 15 is 0 Å². The zero-order chi connectivity index (χ0) is 6.85. The van der Waals surface area contributed by atoms with Crippen molar-refractivity contribution in [1.29, 1.82) is 0 Å². The summed E-state index contributed by atoms with van der Waals surface area (Å²) in [6.45, 7) is 0. The normalized spacial score (nSPS) is 9.33. The molecule has 1 heterocycles. The Morgan fingerprint density at radius 3 is 2.56 bits per heavy atom. The highest BCUT2D eigenvalue weighted by Crippen LogP contribution is 2.19. The summed E-state index contributed by atoms with van der Waals surface area (Å²) in [6.07, 6.45) is 0. The van der Waals surface area contributed by atoms with Crippen LogP contribution >= 0.6 is 11.3 Å². The van der Waals surface area contributed by atoms with Crippen LogP contribution in [-0.4, -0.2) is 5.91 Å². The molecule has 1 rings (SSSR count). The average Bonchev–Trinajstić information content (AvgIpc) is 2.14. The van der Waals surface area contributed by atoms with Gasteiger partial charge < -0.3 is 5.73 Å². The minimum absolute atomic E-state index is 0.159. The summed E-state index contributed by atoms with van der Waals surface area (Å²) in [5.74, 6) is -0.698. The van der Waals surface area contributed by atoms with Crippen molar-refractivity contribution in [3.8, 4) is 5.75 Å². The molecule has 0 unspecified atom stereocenters. The molecular formula is C5H4NO2S. The van der Waals surface area contributed by atoms with Crippen molar-refractivity contribution in [3.63, 3.8) is 0 Å². The van der Waals surface area contributed by atoms with Gasteiger partial charge in [-0.25, -0.2) is 0 Å². The van der Waals surface area contributed by atoms with Crippen LogP contribution in [0.3, 0.4) is 0 Å². The van der Waals surface area contributed by atoms with Crippen LogP contribution in [0.5, 0.6) is 5.75 Å². The van der Waals surface area contributed by atoms with Crippen LogP contribution in [0.15, 0.2) is 11.4 Å². The summed E-state index contributed by atoms with van der Waals surface area (Å²) >= 11 is 1.07. The lowest BCUT2D eigenvalue weighted by molar-refractivity contribution is 0.100. The van der Waals surface area contributed by atoms with E-state index in [0.717, 1.165) is 11.3 Å². The van der Waals surface area contributed by atoms with Gasteiger partial charge >= 0.3 is 0 Å². The van der Waals surface area contributed by atoms with Gasteiger partial charge in [-0.3, -0.25) is 9.90 Å². The van der Waals surface area contributed by atoms with E-state index in [1.54, 1.807) is 0 Å². The highest BCUT2D eigenvalue weighted by Gasteiger charge is 2.03. The number of hydrogen-bond acceptors (Lipinski definition) is 2. The van der Waals surface area contributed by atoms with Crippen molar-refractivity contribution in [3.05, 3.63) is 16.3 Å². The van der Waals surface area contributed by atoms with Crippen molar-refractivity contribution in [2.24, 2.45) is 5.73 Å². The van der Waals surface area contributed by atoms with Crippen molar-refractivity contribution < 1.29 is 9.90 Å². The molecule has 0 fully saturated rings. The Bertz CT molecular complexity index is 231. The van der Waals surface area contributed by atoms with Crippen LogP contribution in [0.1, 0.15) is 9.67 Å². The highest BCUT2D eigenvalue weighted by atomic mass is 32.1. The van der Waals surface area contributed by atoms with Gasteiger partial charge in [0, 0.05) is 11.4 Å². The van der Waals surface area contributed by atoms with Crippen molar-refractivity contribution in [1.82, 2.24) is 0 Å². The lowest BCUT2D eigenvalue weighted by atomic mass is 10.4. The molecule has 0 aliphatic carbocycles. The molecule has 0 aliphatic rings. The molecule has 47 valence electrons. The fourth-order valence-corrected chi connectivity index (χ4v) is 1.06. The number of nitrogens with two attached hydrogens (primary N) is 1. The summed E-state index contributed by atoms with van der Waals surface area (Å²) in [5.41, 5.74) is 4.86. The van der Waals surface area contributed by atoms with Crippen molar-refractivity contribution in [2.75, 3.05) is 0 Å². The van der Waals surface area contributed by atoms with E-state index in [2.05, 4.69) is 0 Å². The zero-order valence-electron chi connectivity index (χ0n) is 4.46. The Balaban J connectivity index is 2.98. The molecule has 3 nitrogen and oxygen atoms in total. The second kappa shape index (κ2) is 2.06. The van der Waals surface area contributed by atoms with Crippen LogP contribution in [0.4, 0.5) is 0 Å². The first-order chi connectivity index (χ1) is 4.20. The number of hydrogen-bond donors (Lipinski definition) is 1. The molecule has 0 aliphatic heterocycles. The first kappa shape index (κ1) is 6.10. The third-order valence-electron chi connectivity index (χ3n) is 0.818. The number of rotatable bonds is 1. The monoisotopic (exact) mass is 142 g/mol. The van der Waals surface area contributed by atoms with Gasteiger partial charge in [0.25, 0.3) is 5.91 Å². The maximum absolute atomic E-state index is 10.4. The van der Waals surface area contributed by atoms with Crippen molar-refractivity contribution >= 4 is 17.2 Å². The molecular weight excluding hydrogens is 138 g/mol. The van der Waals surface area contributed by atoms with Crippen LogP contribution in [0.25, 0.3) is 0 Å². The number of amides is 1. The van der Waals surface area contributed by atoms with E-state index in [1.165, 1.54) is 11.4 Å². The number of carbonyl (C=O) groups excluding carboxylic acids is 1. The smallest absolute Gasteiger partial charge is 0.258 e. The minimum Gasteiger partial charge on any atom is -0.365 e. The second-order valence-electron chi connectivity index (χ2n) is 1.51. The summed E-state index contributed by atoms with van der Waals surface area (Å²) in [5, 5.41) is 11.7. The first-order valence-corrected chi connectivity index (χ1v) is 3.13. The van der Waals surface area contributed by atoms with Gasteiger partial charge in [-0.05, 0) is 0 Å². The Labute approximate surface area is 55.7 Å². The Morgan fingerprint density at radius 2 is 2.33 bits per heavy atom. The third kappa shape index (κ3) is 1.20. The van der Waals surface area contributed by atoms with Crippen LogP contribution in [0, 0.1) is 0 Å². The molecule has 1 radical (unpaired) electrons. The second-order valence-corrected chi connectivity index (χ2v) is 2.42. The molecule has 0 bridgehead atoms. The van der Waals surface area contributed by atoms with Gasteiger partial charge in [0.15, 0.2) is 5.75 Å². The topological polar surface area (TPSA) is 63.0 Å². The molecule has 2 N–H and O–H groups in total. The number of thiophene rings is 1. The lowest BCUT2D eigenvalue weighted by Gasteiger charge is -1.80. The predicted molar refractivity (Wildman–Crippen MR) is 33.0 cm³/mol. The molecule has 1 aromatic rings. The standard InChI is InChI=1S/C5H4NO2S/c6-5(8)4-1-3(7)2-9-4/h1-2H,(H2,6,8). The van der Waals surface area contributed by atoms with E-state index in [-0.39, 0.29) is 5.75 Å². The predicted octanol–water partition coefficient (Wildman–Crippen LogP) is 0.991. The Kier molecular flexibility index (Phi) is 1.40. The number of carbonyl (C=O) groups is 1. The fraction of sp³-hybridized carbons (Fsp3) is 0. The van der Waals surface area contributed by atoms with Crippen LogP contribution in [0.2, 0.25) is 0 Å². The van der Waals surface area contributed by atoms with Crippen LogP contribution in [-0.2, 0) is 5.11 Å². The maximum Gasteiger partial charge on any atom is 0.258 e. The molecule has 0 spiro atoms. The van der Waals surface area contributed by atoms with Gasteiger partial charge in [-0.2, -0.15) is 0 Å². The van der Waals surface area contributed by atoms with E-state index in [9.17, 15) is 9.90 Å². The minimum atomic E-state index is -0.540. The molecule has 1 amide bonds. The molecule has 4 heteroatoms. The Morgan fingerprint density at radius 1 is 1.67 bits per heavy atom. The Hall–Kier alpha value is -1.03. The van der Waals surface area contributed by atoms with Gasteiger partial charge in [-0.15, -0.1) is 11.3 Å². The molecule has 0 saturated carbocycles. The lowest BCUT2D eigenvalue weighted by Crippen LogP contribution is -2.07. The third-order valence-corrected chi connectivity index (χ3v) is 1.74. The average molecular weight is 142 g/mol. The summed E-state index contributed by atoms with van der Waals surface area (Å²) in [4.78, 5) is 10.6. The van der Waals surface area contributed by atoms with Crippen LogP contribution < -0.4 is 5.73 Å². The molecule has 0 atom stereocenters. The molecule has 0 saturated heterocycles. The summed E-state index contributed by atoms with van der Waals surface area (Å²) in [7, 11) is 0. The zero-order valence-corrected chi connectivity index (χ0v) is 5.27.